The van der Waals surface area contributed by atoms with Gasteiger partial charge in [0.15, 0.2) is 6.61 Å². The molecule has 6 nitrogen and oxygen atoms in total. The minimum Gasteiger partial charge on any atom is -0.484 e. The number of nitrogens with one attached hydrogen (secondary N) is 2. The van der Waals surface area contributed by atoms with Crippen molar-refractivity contribution in [3.63, 3.8) is 0 Å². The molecule has 1 saturated heterocycles. The van der Waals surface area contributed by atoms with Crippen LogP contribution in [0.3, 0.4) is 0 Å². The van der Waals surface area contributed by atoms with E-state index in [9.17, 15) is 14.0 Å². The highest BCUT2D eigenvalue weighted by molar-refractivity contribution is 5.89. The van der Waals surface area contributed by atoms with Crippen LogP contribution in [0.2, 0.25) is 0 Å². The maximum atomic E-state index is 12.9. The lowest BCUT2D eigenvalue weighted by Gasteiger charge is -2.32. The summed E-state index contributed by atoms with van der Waals surface area (Å²) in [7, 11) is 0. The standard InChI is InChI=1S/C22H26FN3O3/c1-16-3-2-4-20(13-16)29-15-21(27)24-14-17-9-11-26(12-10-17)22(28)25-19-7-5-18(23)6-8-19/h2-8,13,17H,9-12,14-15H2,1H3,(H,24,27)(H,25,28). The molecule has 1 aliphatic rings. The van der Waals surface area contributed by atoms with E-state index in [1.54, 1.807) is 4.90 Å². The molecule has 7 heteroatoms. The number of carbonyl (C=O) groups excluding carboxylic acids is 2. The molecule has 3 rings (SSSR count). The third-order valence-corrected chi connectivity index (χ3v) is 4.94. The summed E-state index contributed by atoms with van der Waals surface area (Å²) in [5.41, 5.74) is 1.65. The third-order valence-electron chi connectivity index (χ3n) is 4.94. The molecule has 0 bridgehead atoms. The molecule has 0 atom stereocenters. The predicted octanol–water partition coefficient (Wildman–Crippen LogP) is 3.57. The van der Waals surface area contributed by atoms with E-state index in [-0.39, 0.29) is 24.4 Å². The van der Waals surface area contributed by atoms with Crippen molar-refractivity contribution in [3.05, 3.63) is 59.9 Å². The van der Waals surface area contributed by atoms with Crippen molar-refractivity contribution in [1.29, 1.82) is 0 Å². The molecule has 2 N–H and O–H groups in total. The Morgan fingerprint density at radius 3 is 2.55 bits per heavy atom. The minimum atomic E-state index is -0.338. The largest absolute Gasteiger partial charge is 0.484 e. The molecule has 1 aliphatic heterocycles. The lowest BCUT2D eigenvalue weighted by Crippen LogP contribution is -2.43. The van der Waals surface area contributed by atoms with Gasteiger partial charge in [0, 0.05) is 25.3 Å². The number of rotatable bonds is 6. The van der Waals surface area contributed by atoms with Crippen LogP contribution in [0.1, 0.15) is 18.4 Å². The van der Waals surface area contributed by atoms with E-state index in [4.69, 9.17) is 4.74 Å². The summed E-state index contributed by atoms with van der Waals surface area (Å²) in [5.74, 6) is 0.520. The number of urea groups is 1. The first-order valence-corrected chi connectivity index (χ1v) is 9.77. The van der Waals surface area contributed by atoms with Gasteiger partial charge in [-0.2, -0.15) is 0 Å². The maximum Gasteiger partial charge on any atom is 0.321 e. The van der Waals surface area contributed by atoms with Gasteiger partial charge in [0.05, 0.1) is 0 Å². The van der Waals surface area contributed by atoms with Gasteiger partial charge in [-0.1, -0.05) is 12.1 Å². The number of hydrogen-bond acceptors (Lipinski definition) is 3. The Bertz CT molecular complexity index is 833. The highest BCUT2D eigenvalue weighted by Gasteiger charge is 2.23. The summed E-state index contributed by atoms with van der Waals surface area (Å²) in [6.45, 7) is 3.77. The zero-order chi connectivity index (χ0) is 20.6. The van der Waals surface area contributed by atoms with Gasteiger partial charge in [0.2, 0.25) is 0 Å². The summed E-state index contributed by atoms with van der Waals surface area (Å²) in [6, 6.07) is 13.1. The maximum absolute atomic E-state index is 12.9. The fourth-order valence-corrected chi connectivity index (χ4v) is 3.24. The van der Waals surface area contributed by atoms with Crippen molar-refractivity contribution in [3.8, 4) is 5.75 Å². The van der Waals surface area contributed by atoms with E-state index in [2.05, 4.69) is 10.6 Å². The summed E-state index contributed by atoms with van der Waals surface area (Å²) in [4.78, 5) is 26.0. The van der Waals surface area contributed by atoms with Crippen molar-refractivity contribution in [2.75, 3.05) is 31.6 Å². The number of likely N-dealkylation sites (tertiary alicyclic amines) is 1. The number of hydrogen-bond donors (Lipinski definition) is 2. The number of ether oxygens (including phenoxy) is 1. The molecule has 29 heavy (non-hydrogen) atoms. The Balaban J connectivity index is 1.34. The van der Waals surface area contributed by atoms with Crippen molar-refractivity contribution >= 4 is 17.6 Å². The van der Waals surface area contributed by atoms with Gasteiger partial charge < -0.3 is 20.3 Å². The summed E-state index contributed by atoms with van der Waals surface area (Å²) < 4.78 is 18.4. The van der Waals surface area contributed by atoms with Gasteiger partial charge in [-0.15, -0.1) is 0 Å². The van der Waals surface area contributed by atoms with Gasteiger partial charge in [-0.05, 0) is 67.6 Å². The molecule has 0 saturated carbocycles. The lowest BCUT2D eigenvalue weighted by molar-refractivity contribution is -0.123. The fourth-order valence-electron chi connectivity index (χ4n) is 3.24. The fraction of sp³-hybridized carbons (Fsp3) is 0.364. The molecule has 1 fully saturated rings. The molecular weight excluding hydrogens is 373 g/mol. The molecular formula is C22H26FN3O3. The van der Waals surface area contributed by atoms with Crippen LogP contribution in [0, 0.1) is 18.7 Å². The first-order chi connectivity index (χ1) is 14.0. The van der Waals surface area contributed by atoms with Crippen LogP contribution < -0.4 is 15.4 Å². The zero-order valence-corrected chi connectivity index (χ0v) is 16.5. The molecule has 0 radical (unpaired) electrons. The van der Waals surface area contributed by atoms with Crippen LogP contribution in [0.5, 0.6) is 5.75 Å². The van der Waals surface area contributed by atoms with Gasteiger partial charge in [-0.25, -0.2) is 9.18 Å². The van der Waals surface area contributed by atoms with E-state index < -0.39 is 0 Å². The smallest absolute Gasteiger partial charge is 0.321 e. The molecule has 3 amide bonds. The molecule has 2 aromatic rings. The quantitative estimate of drug-likeness (QED) is 0.780. The Kier molecular flexibility index (Phi) is 7.05. The highest BCUT2D eigenvalue weighted by atomic mass is 19.1. The first kappa shape index (κ1) is 20.6. The van der Waals surface area contributed by atoms with Crippen molar-refractivity contribution < 1.29 is 18.7 Å². The molecule has 1 heterocycles. The Hall–Kier alpha value is -3.09. The second-order valence-electron chi connectivity index (χ2n) is 7.28. The van der Waals surface area contributed by atoms with E-state index in [1.165, 1.54) is 24.3 Å². The summed E-state index contributed by atoms with van der Waals surface area (Å²) >= 11 is 0. The number of nitrogens with zero attached hydrogens (tertiary/aromatic N) is 1. The van der Waals surface area contributed by atoms with Crippen LogP contribution in [-0.2, 0) is 4.79 Å². The minimum absolute atomic E-state index is 0.0115. The molecule has 0 aliphatic carbocycles. The average Bonchev–Trinajstić information content (AvgIpc) is 2.73. The van der Waals surface area contributed by atoms with Crippen LogP contribution in [0.4, 0.5) is 14.9 Å². The van der Waals surface area contributed by atoms with Crippen LogP contribution >= 0.6 is 0 Å². The molecule has 154 valence electrons. The van der Waals surface area contributed by atoms with Crippen LogP contribution in [-0.4, -0.2) is 43.1 Å². The summed E-state index contributed by atoms with van der Waals surface area (Å²) in [6.07, 6.45) is 1.63. The van der Waals surface area contributed by atoms with Gasteiger partial charge in [0.1, 0.15) is 11.6 Å². The zero-order valence-electron chi connectivity index (χ0n) is 16.5. The number of piperidine rings is 1. The number of anilines is 1. The Morgan fingerprint density at radius 1 is 1.14 bits per heavy atom. The SMILES string of the molecule is Cc1cccc(OCC(=O)NCC2CCN(C(=O)Nc3ccc(F)cc3)CC2)c1. The number of benzene rings is 2. The predicted molar refractivity (Wildman–Crippen MR) is 109 cm³/mol. The number of halogens is 1. The lowest BCUT2D eigenvalue weighted by atomic mass is 9.97. The van der Waals surface area contributed by atoms with Crippen molar-refractivity contribution in [2.45, 2.75) is 19.8 Å². The molecule has 0 spiro atoms. The van der Waals surface area contributed by atoms with Crippen LogP contribution in [0.25, 0.3) is 0 Å². The highest BCUT2D eigenvalue weighted by Crippen LogP contribution is 2.18. The van der Waals surface area contributed by atoms with Gasteiger partial charge in [0.25, 0.3) is 5.91 Å². The number of carbonyl (C=O) groups is 2. The van der Waals surface area contributed by atoms with Crippen molar-refractivity contribution in [2.24, 2.45) is 5.92 Å². The number of aryl methyl sites for hydroxylation is 1. The second kappa shape index (κ2) is 9.91. The number of amides is 3. The van der Waals surface area contributed by atoms with Gasteiger partial charge in [-0.3, -0.25) is 4.79 Å². The van der Waals surface area contributed by atoms with E-state index >= 15 is 0 Å². The van der Waals surface area contributed by atoms with Crippen LogP contribution in [0.15, 0.2) is 48.5 Å². The third kappa shape index (κ3) is 6.48. The van der Waals surface area contributed by atoms with Crippen molar-refractivity contribution in [1.82, 2.24) is 10.2 Å². The van der Waals surface area contributed by atoms with E-state index in [0.29, 0.717) is 37.0 Å². The molecule has 0 aromatic heterocycles. The van der Waals surface area contributed by atoms with Gasteiger partial charge >= 0.3 is 6.03 Å². The van der Waals surface area contributed by atoms with E-state index in [0.717, 1.165) is 18.4 Å². The average molecular weight is 399 g/mol. The topological polar surface area (TPSA) is 70.7 Å². The normalized spacial score (nSPS) is 14.3. The Morgan fingerprint density at radius 2 is 1.86 bits per heavy atom. The monoisotopic (exact) mass is 399 g/mol. The summed E-state index contributed by atoms with van der Waals surface area (Å²) in [5, 5.41) is 5.68. The Labute approximate surface area is 170 Å². The molecule has 0 unspecified atom stereocenters. The first-order valence-electron chi connectivity index (χ1n) is 9.77. The van der Waals surface area contributed by atoms with E-state index in [1.807, 2.05) is 31.2 Å². The second-order valence-corrected chi connectivity index (χ2v) is 7.28. The molecule has 2 aromatic carbocycles.